The molecule has 2 N–H and O–H groups in total. The second kappa shape index (κ2) is 4.83. The summed E-state index contributed by atoms with van der Waals surface area (Å²) in [7, 11) is -3.39. The molecule has 0 aromatic heterocycles. The molecule has 0 radical (unpaired) electrons. The van der Waals surface area contributed by atoms with Crippen molar-refractivity contribution in [3.63, 3.8) is 0 Å². The number of nitrogens with one attached hydrogen (secondary N) is 1. The van der Waals surface area contributed by atoms with Crippen LogP contribution in [-0.2, 0) is 9.84 Å². The average molecular weight is 334 g/mol. The number of sulfone groups is 1. The molecule has 6 heteroatoms. The maximum atomic E-state index is 12.5. The smallest absolute Gasteiger partial charge is 0.185 e. The van der Waals surface area contributed by atoms with Crippen LogP contribution in [0.2, 0.25) is 0 Å². The van der Waals surface area contributed by atoms with Crippen LogP contribution in [0.4, 0.5) is 5.69 Å². The molecule has 18 heavy (non-hydrogen) atoms. The van der Waals surface area contributed by atoms with Gasteiger partial charge in [-0.05, 0) is 53.9 Å². The molecule has 2 rings (SSSR count). The van der Waals surface area contributed by atoms with Crippen molar-refractivity contribution in [2.45, 2.75) is 36.5 Å². The molecule has 0 bridgehead atoms. The Morgan fingerprint density at radius 2 is 2.11 bits per heavy atom. The van der Waals surface area contributed by atoms with Crippen molar-refractivity contribution in [2.75, 3.05) is 11.9 Å². The monoisotopic (exact) mass is 333 g/mol. The summed E-state index contributed by atoms with van der Waals surface area (Å²) in [5.74, 6) is 0. The van der Waals surface area contributed by atoms with E-state index in [0.717, 1.165) is 10.0 Å². The van der Waals surface area contributed by atoms with Crippen LogP contribution in [0, 0.1) is 6.92 Å². The van der Waals surface area contributed by atoms with E-state index in [9.17, 15) is 8.42 Å². The lowest BCUT2D eigenvalue weighted by Gasteiger charge is -2.32. The van der Waals surface area contributed by atoms with Crippen LogP contribution in [-0.4, -0.2) is 31.4 Å². The average Bonchev–Trinajstić information content (AvgIpc) is 2.26. The summed E-state index contributed by atoms with van der Waals surface area (Å²) >= 11 is 3.39. The first-order valence-electron chi connectivity index (χ1n) is 5.79. The summed E-state index contributed by atoms with van der Waals surface area (Å²) in [6.07, 6.45) is 0.251. The summed E-state index contributed by atoms with van der Waals surface area (Å²) in [4.78, 5) is 0.325. The van der Waals surface area contributed by atoms with Crippen LogP contribution in [0.1, 0.15) is 18.9 Å². The zero-order chi connectivity index (χ0) is 13.5. The Bertz CT molecular complexity index is 571. The van der Waals surface area contributed by atoms with Gasteiger partial charge in [-0.2, -0.15) is 0 Å². The van der Waals surface area contributed by atoms with Crippen molar-refractivity contribution in [2.24, 2.45) is 0 Å². The molecule has 0 spiro atoms. The maximum Gasteiger partial charge on any atom is 0.185 e. The Morgan fingerprint density at radius 1 is 1.44 bits per heavy atom. The molecular formula is C12H16BrNO3S. The maximum absolute atomic E-state index is 12.5. The minimum atomic E-state index is -3.39. The molecule has 0 amide bonds. The SMILES string of the molecule is Cc1cc(Br)c2c(c1)S(=O)(=O)C(CCO)C(C)N2. The predicted octanol–water partition coefficient (Wildman–Crippen LogP) is 2.10. The number of hydrogen-bond acceptors (Lipinski definition) is 4. The van der Waals surface area contributed by atoms with Gasteiger partial charge in [0.1, 0.15) is 0 Å². The number of anilines is 1. The third-order valence-electron chi connectivity index (χ3n) is 3.25. The minimum absolute atomic E-state index is 0.127. The number of aryl methyl sites for hydroxylation is 1. The molecule has 2 unspecified atom stereocenters. The molecule has 2 atom stereocenters. The molecule has 0 saturated heterocycles. The highest BCUT2D eigenvalue weighted by Gasteiger charge is 2.39. The summed E-state index contributed by atoms with van der Waals surface area (Å²) < 4.78 is 25.8. The molecule has 100 valence electrons. The molecule has 1 aromatic rings. The Hall–Kier alpha value is -0.590. The number of fused-ring (bicyclic) bond motifs is 1. The van der Waals surface area contributed by atoms with Gasteiger partial charge in [-0.15, -0.1) is 0 Å². The summed E-state index contributed by atoms with van der Waals surface area (Å²) in [6.45, 7) is 3.56. The molecule has 1 aliphatic heterocycles. The highest BCUT2D eigenvalue weighted by atomic mass is 79.9. The Kier molecular flexibility index (Phi) is 3.71. The first kappa shape index (κ1) is 13.8. The van der Waals surface area contributed by atoms with Crippen molar-refractivity contribution >= 4 is 31.5 Å². The number of aliphatic hydroxyl groups excluding tert-OH is 1. The van der Waals surface area contributed by atoms with Crippen molar-refractivity contribution in [3.05, 3.63) is 22.2 Å². The highest BCUT2D eigenvalue weighted by molar-refractivity contribution is 9.10. The number of rotatable bonds is 2. The molecular weight excluding hydrogens is 318 g/mol. The van der Waals surface area contributed by atoms with E-state index < -0.39 is 15.1 Å². The van der Waals surface area contributed by atoms with E-state index in [4.69, 9.17) is 5.11 Å². The van der Waals surface area contributed by atoms with Gasteiger partial charge in [0, 0.05) is 17.1 Å². The van der Waals surface area contributed by atoms with Gasteiger partial charge in [-0.25, -0.2) is 8.42 Å². The lowest BCUT2D eigenvalue weighted by atomic mass is 10.1. The molecule has 1 aliphatic rings. The second-order valence-corrected chi connectivity index (χ2v) is 7.64. The normalized spacial score (nSPS) is 25.3. The number of aliphatic hydroxyl groups is 1. The molecule has 0 aliphatic carbocycles. The van der Waals surface area contributed by atoms with Gasteiger partial charge >= 0.3 is 0 Å². The topological polar surface area (TPSA) is 66.4 Å². The van der Waals surface area contributed by atoms with Gasteiger partial charge in [0.15, 0.2) is 9.84 Å². The first-order valence-corrected chi connectivity index (χ1v) is 8.13. The number of hydrogen-bond donors (Lipinski definition) is 2. The Balaban J connectivity index is 2.63. The van der Waals surface area contributed by atoms with E-state index >= 15 is 0 Å². The predicted molar refractivity (Wildman–Crippen MR) is 74.6 cm³/mol. The first-order chi connectivity index (χ1) is 8.37. The summed E-state index contributed by atoms with van der Waals surface area (Å²) in [5.41, 5.74) is 1.52. The van der Waals surface area contributed by atoms with Gasteiger partial charge in [-0.3, -0.25) is 0 Å². The fourth-order valence-electron chi connectivity index (χ4n) is 2.36. The van der Waals surface area contributed by atoms with Crippen molar-refractivity contribution in [1.82, 2.24) is 0 Å². The third kappa shape index (κ3) is 2.17. The van der Waals surface area contributed by atoms with E-state index in [1.54, 1.807) is 6.07 Å². The van der Waals surface area contributed by atoms with E-state index in [1.165, 1.54) is 0 Å². The van der Waals surface area contributed by atoms with Crippen LogP contribution in [0.25, 0.3) is 0 Å². The fraction of sp³-hybridized carbons (Fsp3) is 0.500. The van der Waals surface area contributed by atoms with Crippen molar-refractivity contribution < 1.29 is 13.5 Å². The van der Waals surface area contributed by atoms with E-state index in [-0.39, 0.29) is 19.1 Å². The van der Waals surface area contributed by atoms with Gasteiger partial charge in [-0.1, -0.05) is 0 Å². The zero-order valence-electron chi connectivity index (χ0n) is 10.3. The van der Waals surface area contributed by atoms with Gasteiger partial charge in [0.05, 0.1) is 15.8 Å². The summed E-state index contributed by atoms with van der Waals surface area (Å²) in [5, 5.41) is 11.7. The van der Waals surface area contributed by atoms with Crippen LogP contribution in [0.15, 0.2) is 21.5 Å². The van der Waals surface area contributed by atoms with Crippen LogP contribution in [0.5, 0.6) is 0 Å². The van der Waals surface area contributed by atoms with E-state index in [0.29, 0.717) is 10.6 Å². The van der Waals surface area contributed by atoms with Crippen LogP contribution in [0.3, 0.4) is 0 Å². The van der Waals surface area contributed by atoms with Gasteiger partial charge < -0.3 is 10.4 Å². The fourth-order valence-corrected chi connectivity index (χ4v) is 5.33. The van der Waals surface area contributed by atoms with Crippen molar-refractivity contribution in [3.8, 4) is 0 Å². The lowest BCUT2D eigenvalue weighted by Crippen LogP contribution is -2.42. The lowest BCUT2D eigenvalue weighted by molar-refractivity contribution is 0.282. The summed E-state index contributed by atoms with van der Waals surface area (Å²) in [6, 6.07) is 3.35. The zero-order valence-corrected chi connectivity index (χ0v) is 12.7. The van der Waals surface area contributed by atoms with Crippen molar-refractivity contribution in [1.29, 1.82) is 0 Å². The third-order valence-corrected chi connectivity index (χ3v) is 6.25. The highest BCUT2D eigenvalue weighted by Crippen LogP contribution is 2.39. The van der Waals surface area contributed by atoms with Gasteiger partial charge in [0.2, 0.25) is 0 Å². The molecule has 0 fully saturated rings. The standard InChI is InChI=1S/C12H16BrNO3S/c1-7-5-9(13)12-11(6-7)18(16,17)10(3-4-15)8(2)14-12/h5-6,8,10,14-15H,3-4H2,1-2H3. The van der Waals surface area contributed by atoms with Crippen LogP contribution >= 0.6 is 15.9 Å². The van der Waals surface area contributed by atoms with E-state index in [2.05, 4.69) is 21.2 Å². The molecule has 1 aromatic carbocycles. The van der Waals surface area contributed by atoms with Crippen LogP contribution < -0.4 is 5.32 Å². The Labute approximate surface area is 115 Å². The Morgan fingerprint density at radius 3 is 2.72 bits per heavy atom. The largest absolute Gasteiger partial charge is 0.396 e. The molecule has 4 nitrogen and oxygen atoms in total. The quantitative estimate of drug-likeness (QED) is 0.869. The molecule has 1 heterocycles. The molecule has 0 saturated carbocycles. The number of halogens is 1. The van der Waals surface area contributed by atoms with E-state index in [1.807, 2.05) is 19.9 Å². The number of benzene rings is 1. The van der Waals surface area contributed by atoms with Gasteiger partial charge in [0.25, 0.3) is 0 Å². The minimum Gasteiger partial charge on any atom is -0.396 e. The second-order valence-electron chi connectivity index (χ2n) is 4.65.